The third kappa shape index (κ3) is 6.45. The minimum absolute atomic E-state index is 0.00737. The summed E-state index contributed by atoms with van der Waals surface area (Å²) in [6.07, 6.45) is 0.473. The quantitative estimate of drug-likeness (QED) is 0.629. The van der Waals surface area contributed by atoms with Gasteiger partial charge in [-0.15, -0.1) is 9.90 Å². The van der Waals surface area contributed by atoms with Gasteiger partial charge in [0.15, 0.2) is 11.2 Å². The Kier molecular flexibility index (Phi) is 8.12. The first-order valence-corrected chi connectivity index (χ1v) is 9.83. The van der Waals surface area contributed by atoms with Crippen LogP contribution in [0.15, 0.2) is 30.3 Å². The Morgan fingerprint density at radius 3 is 2.61 bits per heavy atom. The number of aromatic nitrogens is 4. The first kappa shape index (κ1) is 21.5. The Morgan fingerprint density at radius 1 is 1.25 bits per heavy atom. The number of ether oxygens (including phenoxy) is 1. The van der Waals surface area contributed by atoms with Crippen molar-refractivity contribution in [2.45, 2.75) is 33.2 Å². The molecule has 2 rings (SSSR count). The number of esters is 1. The molecule has 0 saturated carbocycles. The zero-order valence-corrected chi connectivity index (χ0v) is 16.8. The molecule has 0 aliphatic heterocycles. The second kappa shape index (κ2) is 10.5. The smallest absolute Gasteiger partial charge is 0.332 e. The highest BCUT2D eigenvalue weighted by Crippen LogP contribution is 2.17. The van der Waals surface area contributed by atoms with Crippen LogP contribution in [0.2, 0.25) is 0 Å². The number of carbonyl (C=O) groups excluding carboxylic acids is 3. The van der Waals surface area contributed by atoms with E-state index < -0.39 is 17.9 Å². The van der Waals surface area contributed by atoms with Crippen LogP contribution >= 0.6 is 11.8 Å². The number of nitrogens with one attached hydrogen (secondary N) is 1. The average Bonchev–Trinajstić information content (AvgIpc) is 3.13. The summed E-state index contributed by atoms with van der Waals surface area (Å²) in [5, 5.41) is 14.1. The molecule has 0 fully saturated rings. The number of rotatable bonds is 9. The van der Waals surface area contributed by atoms with E-state index in [2.05, 4.69) is 20.7 Å². The van der Waals surface area contributed by atoms with Crippen LogP contribution < -0.4 is 5.32 Å². The molecule has 0 spiro atoms. The minimum atomic E-state index is -0.758. The minimum Gasteiger partial charge on any atom is -0.464 e. The van der Waals surface area contributed by atoms with Crippen LogP contribution in [0.4, 0.5) is 5.95 Å². The molecule has 28 heavy (non-hydrogen) atoms. The largest absolute Gasteiger partial charge is 0.464 e. The van der Waals surface area contributed by atoms with Crippen LogP contribution in [-0.4, -0.2) is 49.6 Å². The Morgan fingerprint density at radius 2 is 1.96 bits per heavy atom. The van der Waals surface area contributed by atoms with Crippen LogP contribution in [0.1, 0.15) is 32.4 Å². The number of benzene rings is 1. The Bertz CT molecular complexity index is 811. The number of tetrazole rings is 1. The van der Waals surface area contributed by atoms with Crippen molar-refractivity contribution >= 4 is 34.7 Å². The first-order chi connectivity index (χ1) is 13.4. The molecule has 1 heterocycles. The number of amides is 1. The van der Waals surface area contributed by atoms with Crippen molar-refractivity contribution in [3.8, 4) is 0 Å². The van der Waals surface area contributed by atoms with Gasteiger partial charge >= 0.3 is 5.97 Å². The zero-order valence-electron chi connectivity index (χ0n) is 16.0. The standard InChI is InChI=1S/C18H23N5O4S/c1-4-27-17(26)12(2)23-21-18(20-22-23)19-16(25)15(11-28-13(3)24)10-14-8-6-5-7-9-14/h5-9,12,15H,4,10-11H2,1-3H3,(H,19,21,25)/t12?,15-/m1/s1. The number of hydrogen-bond acceptors (Lipinski definition) is 8. The molecule has 2 atom stereocenters. The highest BCUT2D eigenvalue weighted by Gasteiger charge is 2.23. The van der Waals surface area contributed by atoms with Crippen molar-refractivity contribution in [1.82, 2.24) is 20.2 Å². The topological polar surface area (TPSA) is 116 Å². The maximum Gasteiger partial charge on any atom is 0.332 e. The molecule has 2 aromatic rings. The van der Waals surface area contributed by atoms with Crippen LogP contribution in [0.3, 0.4) is 0 Å². The number of anilines is 1. The Hall–Kier alpha value is -2.75. The summed E-state index contributed by atoms with van der Waals surface area (Å²) >= 11 is 1.09. The van der Waals surface area contributed by atoms with E-state index in [1.807, 2.05) is 30.3 Å². The van der Waals surface area contributed by atoms with Crippen LogP contribution in [0.25, 0.3) is 0 Å². The third-order valence-corrected chi connectivity index (χ3v) is 4.80. The predicted octanol–water partition coefficient (Wildman–Crippen LogP) is 1.87. The van der Waals surface area contributed by atoms with Gasteiger partial charge in [-0.3, -0.25) is 14.9 Å². The zero-order chi connectivity index (χ0) is 20.5. The fourth-order valence-corrected chi connectivity index (χ4v) is 3.06. The highest BCUT2D eigenvalue weighted by atomic mass is 32.2. The van der Waals surface area contributed by atoms with Gasteiger partial charge in [-0.25, -0.2) is 4.79 Å². The number of thioether (sulfide) groups is 1. The summed E-state index contributed by atoms with van der Waals surface area (Å²) in [5.74, 6) is -0.931. The van der Waals surface area contributed by atoms with Crippen molar-refractivity contribution in [1.29, 1.82) is 0 Å². The molecular weight excluding hydrogens is 382 g/mol. The SMILES string of the molecule is CCOC(=O)C(C)n1nnc(NC(=O)[C@@H](CSC(C)=O)Cc2ccccc2)n1. The number of hydrogen-bond donors (Lipinski definition) is 1. The molecule has 1 aromatic heterocycles. The summed E-state index contributed by atoms with van der Waals surface area (Å²) in [6, 6.07) is 8.78. The number of carbonyl (C=O) groups is 3. The molecule has 1 amide bonds. The lowest BCUT2D eigenvalue weighted by Crippen LogP contribution is -2.28. The second-order valence-electron chi connectivity index (χ2n) is 6.04. The van der Waals surface area contributed by atoms with Gasteiger partial charge in [0.05, 0.1) is 12.5 Å². The Balaban J connectivity index is 2.05. The second-order valence-corrected chi connectivity index (χ2v) is 7.24. The summed E-state index contributed by atoms with van der Waals surface area (Å²) < 4.78 is 4.92. The van der Waals surface area contributed by atoms with Crippen molar-refractivity contribution < 1.29 is 19.1 Å². The monoisotopic (exact) mass is 405 g/mol. The van der Waals surface area contributed by atoms with Gasteiger partial charge in [-0.05, 0) is 31.0 Å². The fraction of sp³-hybridized carbons (Fsp3) is 0.444. The molecule has 0 aliphatic carbocycles. The van der Waals surface area contributed by atoms with Gasteiger partial charge in [0, 0.05) is 12.7 Å². The molecule has 150 valence electrons. The number of nitrogens with zero attached hydrogens (tertiary/aromatic N) is 4. The van der Waals surface area contributed by atoms with E-state index >= 15 is 0 Å². The molecule has 1 aromatic carbocycles. The fourth-order valence-electron chi connectivity index (χ4n) is 2.35. The molecule has 10 heteroatoms. The Labute approximate surface area is 167 Å². The van der Waals surface area contributed by atoms with Crippen molar-refractivity contribution in [3.05, 3.63) is 35.9 Å². The van der Waals surface area contributed by atoms with Crippen molar-refractivity contribution in [2.75, 3.05) is 17.7 Å². The lowest BCUT2D eigenvalue weighted by Gasteiger charge is -2.14. The average molecular weight is 405 g/mol. The highest BCUT2D eigenvalue weighted by molar-refractivity contribution is 8.13. The van der Waals surface area contributed by atoms with Crippen molar-refractivity contribution in [2.24, 2.45) is 5.92 Å². The van der Waals surface area contributed by atoms with E-state index in [0.717, 1.165) is 22.1 Å². The molecular formula is C18H23N5O4S. The third-order valence-electron chi connectivity index (χ3n) is 3.82. The van der Waals surface area contributed by atoms with Crippen LogP contribution in [0, 0.1) is 5.92 Å². The molecule has 0 aliphatic rings. The van der Waals surface area contributed by atoms with E-state index in [0.29, 0.717) is 12.2 Å². The van der Waals surface area contributed by atoms with Gasteiger partial charge in [0.1, 0.15) is 0 Å². The summed E-state index contributed by atoms with van der Waals surface area (Å²) in [4.78, 5) is 36.9. The summed E-state index contributed by atoms with van der Waals surface area (Å²) in [5.41, 5.74) is 0.986. The van der Waals surface area contributed by atoms with Crippen molar-refractivity contribution in [3.63, 3.8) is 0 Å². The lowest BCUT2D eigenvalue weighted by atomic mass is 10.0. The lowest BCUT2D eigenvalue weighted by molar-refractivity contribution is -0.147. The van der Waals surface area contributed by atoms with E-state index in [9.17, 15) is 14.4 Å². The molecule has 0 bridgehead atoms. The molecule has 0 saturated heterocycles. The normalized spacial score (nSPS) is 12.8. The molecule has 1 unspecified atom stereocenters. The van der Waals surface area contributed by atoms with Crippen LogP contribution in [-0.2, 0) is 25.5 Å². The molecule has 0 radical (unpaired) electrons. The predicted molar refractivity (Wildman–Crippen MR) is 105 cm³/mol. The van der Waals surface area contributed by atoms with E-state index in [1.165, 1.54) is 6.92 Å². The maximum absolute atomic E-state index is 12.7. The maximum atomic E-state index is 12.7. The van der Waals surface area contributed by atoms with Gasteiger partial charge in [0.2, 0.25) is 5.91 Å². The van der Waals surface area contributed by atoms with Gasteiger partial charge in [-0.1, -0.05) is 47.2 Å². The van der Waals surface area contributed by atoms with E-state index in [4.69, 9.17) is 4.74 Å². The molecule has 1 N–H and O–H groups in total. The summed E-state index contributed by atoms with van der Waals surface area (Å²) in [6.45, 7) is 4.99. The first-order valence-electron chi connectivity index (χ1n) is 8.85. The van der Waals surface area contributed by atoms with E-state index in [-0.39, 0.29) is 23.6 Å². The van der Waals surface area contributed by atoms with Crippen LogP contribution in [0.5, 0.6) is 0 Å². The van der Waals surface area contributed by atoms with Gasteiger partial charge < -0.3 is 4.74 Å². The van der Waals surface area contributed by atoms with Gasteiger partial charge in [0.25, 0.3) is 5.95 Å². The summed E-state index contributed by atoms with van der Waals surface area (Å²) in [7, 11) is 0. The molecule has 9 nitrogen and oxygen atoms in total. The van der Waals surface area contributed by atoms with E-state index in [1.54, 1.807) is 13.8 Å². The van der Waals surface area contributed by atoms with Gasteiger partial charge in [-0.2, -0.15) is 0 Å².